The molecule has 0 spiro atoms. The number of hydrogen-bond acceptors (Lipinski definition) is 5. The number of aromatic nitrogens is 4. The minimum absolute atomic E-state index is 0.642. The van der Waals surface area contributed by atoms with Gasteiger partial charge in [-0.15, -0.1) is 0 Å². The van der Waals surface area contributed by atoms with Crippen molar-refractivity contribution in [3.63, 3.8) is 0 Å². The highest BCUT2D eigenvalue weighted by Gasteiger charge is 2.10. The smallest absolute Gasteiger partial charge is 0.165 e. The summed E-state index contributed by atoms with van der Waals surface area (Å²) in [4.78, 5) is 9.14. The molecule has 6 heteroatoms. The Hall–Kier alpha value is -2.63. The Labute approximate surface area is 122 Å². The lowest BCUT2D eigenvalue weighted by molar-refractivity contribution is 0.568. The van der Waals surface area contributed by atoms with Crippen LogP contribution in [0.15, 0.2) is 41.5 Å². The van der Waals surface area contributed by atoms with E-state index in [1.54, 1.807) is 23.4 Å². The van der Waals surface area contributed by atoms with E-state index >= 15 is 0 Å². The van der Waals surface area contributed by atoms with Gasteiger partial charge in [0.25, 0.3) is 0 Å². The maximum Gasteiger partial charge on any atom is 0.165 e. The molecule has 1 N–H and O–H groups in total. The summed E-state index contributed by atoms with van der Waals surface area (Å²) in [5.41, 5.74) is 2.66. The van der Waals surface area contributed by atoms with Gasteiger partial charge in [-0.25, -0.2) is 9.97 Å². The fourth-order valence-corrected chi connectivity index (χ4v) is 2.01. The highest BCUT2D eigenvalue weighted by molar-refractivity contribution is 5.66. The minimum atomic E-state index is 0.642. The number of furan rings is 1. The van der Waals surface area contributed by atoms with Gasteiger partial charge in [0.15, 0.2) is 5.82 Å². The van der Waals surface area contributed by atoms with Gasteiger partial charge in [0.2, 0.25) is 0 Å². The molecule has 3 rings (SSSR count). The van der Waals surface area contributed by atoms with Gasteiger partial charge in [-0.3, -0.25) is 4.68 Å². The van der Waals surface area contributed by atoms with E-state index in [0.717, 1.165) is 35.6 Å². The second-order valence-electron chi connectivity index (χ2n) is 4.80. The van der Waals surface area contributed by atoms with Crippen molar-refractivity contribution in [3.05, 3.63) is 37.1 Å². The number of nitrogens with zero attached hydrogens (tertiary/aromatic N) is 4. The number of aryl methyl sites for hydroxylation is 1. The Morgan fingerprint density at radius 1 is 1.29 bits per heavy atom. The van der Waals surface area contributed by atoms with Crippen LogP contribution in [-0.2, 0) is 7.05 Å². The van der Waals surface area contributed by atoms with Crippen LogP contribution in [0.5, 0.6) is 0 Å². The summed E-state index contributed by atoms with van der Waals surface area (Å²) < 4.78 is 6.88. The predicted molar refractivity (Wildman–Crippen MR) is 80.7 cm³/mol. The van der Waals surface area contributed by atoms with E-state index < -0.39 is 0 Å². The summed E-state index contributed by atoms with van der Waals surface area (Å²) in [5.74, 6) is 1.45. The zero-order chi connectivity index (χ0) is 14.7. The highest BCUT2D eigenvalue weighted by atomic mass is 16.3. The second kappa shape index (κ2) is 5.78. The fourth-order valence-electron chi connectivity index (χ4n) is 2.01. The Bertz CT molecular complexity index is 718. The zero-order valence-corrected chi connectivity index (χ0v) is 12.1. The maximum absolute atomic E-state index is 5.12. The molecule has 108 valence electrons. The van der Waals surface area contributed by atoms with Gasteiger partial charge >= 0.3 is 0 Å². The Balaban J connectivity index is 2.04. The minimum Gasteiger partial charge on any atom is -0.472 e. The van der Waals surface area contributed by atoms with E-state index in [-0.39, 0.29) is 0 Å². The maximum atomic E-state index is 5.12. The molecule has 3 heterocycles. The number of nitrogens with one attached hydrogen (secondary N) is 1. The number of anilines is 1. The summed E-state index contributed by atoms with van der Waals surface area (Å²) in [6.07, 6.45) is 8.03. The first-order chi connectivity index (χ1) is 10.3. The third-order valence-corrected chi connectivity index (χ3v) is 3.06. The van der Waals surface area contributed by atoms with Gasteiger partial charge < -0.3 is 9.73 Å². The van der Waals surface area contributed by atoms with E-state index in [2.05, 4.69) is 27.3 Å². The van der Waals surface area contributed by atoms with Crippen molar-refractivity contribution < 1.29 is 4.42 Å². The molecule has 3 aromatic rings. The van der Waals surface area contributed by atoms with Crippen LogP contribution in [-0.4, -0.2) is 26.3 Å². The summed E-state index contributed by atoms with van der Waals surface area (Å²) in [6, 6.07) is 3.79. The monoisotopic (exact) mass is 283 g/mol. The summed E-state index contributed by atoms with van der Waals surface area (Å²) in [5, 5.41) is 7.50. The van der Waals surface area contributed by atoms with Crippen LogP contribution in [0.3, 0.4) is 0 Å². The molecule has 0 saturated carbocycles. The lowest BCUT2D eigenvalue weighted by Crippen LogP contribution is -2.04. The fraction of sp³-hybridized carbons (Fsp3) is 0.267. The molecule has 6 nitrogen and oxygen atoms in total. The van der Waals surface area contributed by atoms with Crippen molar-refractivity contribution in [3.8, 4) is 22.6 Å². The van der Waals surface area contributed by atoms with Crippen molar-refractivity contribution in [1.82, 2.24) is 19.7 Å². The van der Waals surface area contributed by atoms with Crippen molar-refractivity contribution in [1.29, 1.82) is 0 Å². The first-order valence-corrected chi connectivity index (χ1v) is 6.91. The number of rotatable bonds is 5. The van der Waals surface area contributed by atoms with Gasteiger partial charge in [0, 0.05) is 31.4 Å². The molecule has 0 amide bonds. The number of hydrogen-bond donors (Lipinski definition) is 1. The predicted octanol–water partition coefficient (Wildman–Crippen LogP) is 2.96. The standard InChI is InChI=1S/C15H17N5O/c1-3-5-16-14-7-13(12-8-17-20(2)9-12)18-15(19-14)11-4-6-21-10-11/h4,6-10H,3,5H2,1-2H3,(H,16,18,19). The average molecular weight is 283 g/mol. The SMILES string of the molecule is CCCNc1cc(-c2cnn(C)c2)nc(-c2ccoc2)n1. The van der Waals surface area contributed by atoms with Crippen molar-refractivity contribution >= 4 is 5.82 Å². The first-order valence-electron chi connectivity index (χ1n) is 6.91. The van der Waals surface area contributed by atoms with Crippen LogP contribution in [0, 0.1) is 0 Å². The normalized spacial score (nSPS) is 10.8. The molecular formula is C15H17N5O. The first kappa shape index (κ1) is 13.4. The summed E-state index contributed by atoms with van der Waals surface area (Å²) in [6.45, 7) is 2.99. The third kappa shape index (κ3) is 2.94. The Morgan fingerprint density at radius 3 is 2.86 bits per heavy atom. The molecule has 0 fully saturated rings. The van der Waals surface area contributed by atoms with Crippen LogP contribution in [0.2, 0.25) is 0 Å². The lowest BCUT2D eigenvalue weighted by Gasteiger charge is -2.07. The third-order valence-electron chi connectivity index (χ3n) is 3.06. The molecule has 0 aromatic carbocycles. The van der Waals surface area contributed by atoms with E-state index in [4.69, 9.17) is 4.42 Å². The van der Waals surface area contributed by atoms with Crippen molar-refractivity contribution in [2.75, 3.05) is 11.9 Å². The zero-order valence-electron chi connectivity index (χ0n) is 12.1. The summed E-state index contributed by atoms with van der Waals surface area (Å²) in [7, 11) is 1.89. The molecule has 0 unspecified atom stereocenters. The van der Waals surface area contributed by atoms with Gasteiger partial charge in [0.05, 0.1) is 23.7 Å². The summed E-state index contributed by atoms with van der Waals surface area (Å²) >= 11 is 0. The van der Waals surface area contributed by atoms with Gasteiger partial charge in [-0.05, 0) is 12.5 Å². The Kier molecular flexibility index (Phi) is 3.68. The largest absolute Gasteiger partial charge is 0.472 e. The van der Waals surface area contributed by atoms with E-state index in [1.165, 1.54) is 0 Å². The van der Waals surface area contributed by atoms with Gasteiger partial charge in [0.1, 0.15) is 12.1 Å². The lowest BCUT2D eigenvalue weighted by atomic mass is 10.2. The molecule has 0 bridgehead atoms. The van der Waals surface area contributed by atoms with E-state index in [0.29, 0.717) is 5.82 Å². The molecule has 0 aliphatic carbocycles. The van der Waals surface area contributed by atoms with Gasteiger partial charge in [-0.2, -0.15) is 5.10 Å². The van der Waals surface area contributed by atoms with Crippen LogP contribution < -0.4 is 5.32 Å². The molecule has 0 aliphatic rings. The van der Waals surface area contributed by atoms with Gasteiger partial charge in [-0.1, -0.05) is 6.92 Å². The highest BCUT2D eigenvalue weighted by Crippen LogP contribution is 2.24. The van der Waals surface area contributed by atoms with Crippen LogP contribution in [0.25, 0.3) is 22.6 Å². The molecule has 21 heavy (non-hydrogen) atoms. The van der Waals surface area contributed by atoms with E-state index in [9.17, 15) is 0 Å². The molecule has 0 aliphatic heterocycles. The average Bonchev–Trinajstić information content (AvgIpc) is 3.16. The van der Waals surface area contributed by atoms with Crippen molar-refractivity contribution in [2.45, 2.75) is 13.3 Å². The van der Waals surface area contributed by atoms with Crippen LogP contribution in [0.4, 0.5) is 5.82 Å². The second-order valence-corrected chi connectivity index (χ2v) is 4.80. The quantitative estimate of drug-likeness (QED) is 0.779. The molecular weight excluding hydrogens is 266 g/mol. The molecule has 0 atom stereocenters. The van der Waals surface area contributed by atoms with Crippen molar-refractivity contribution in [2.24, 2.45) is 7.05 Å². The molecule has 3 aromatic heterocycles. The van der Waals surface area contributed by atoms with Crippen LogP contribution in [0.1, 0.15) is 13.3 Å². The van der Waals surface area contributed by atoms with Crippen LogP contribution >= 0.6 is 0 Å². The molecule has 0 saturated heterocycles. The van der Waals surface area contributed by atoms with E-state index in [1.807, 2.05) is 25.4 Å². The molecule has 0 radical (unpaired) electrons. The topological polar surface area (TPSA) is 68.8 Å². The Morgan fingerprint density at radius 2 is 2.19 bits per heavy atom.